The minimum atomic E-state index is -0.530. The normalized spacial score (nSPS) is 20.4. The number of aromatic nitrogens is 1. The second-order valence-corrected chi connectivity index (χ2v) is 6.40. The van der Waals surface area contributed by atoms with Crippen LogP contribution in [0.1, 0.15) is 4.88 Å². The average Bonchev–Trinajstić information content (AvgIpc) is 2.62. The number of thiazole rings is 1. The number of hydrogen-bond donors (Lipinski definition) is 1. The molecule has 0 aromatic carbocycles. The maximum Gasteiger partial charge on any atom is 0.208 e. The van der Waals surface area contributed by atoms with E-state index in [9.17, 15) is 0 Å². The van der Waals surface area contributed by atoms with Crippen molar-refractivity contribution in [2.45, 2.75) is 19.6 Å². The van der Waals surface area contributed by atoms with Crippen LogP contribution in [0.15, 0.2) is 26.5 Å². The third kappa shape index (κ3) is 2.73. The summed E-state index contributed by atoms with van der Waals surface area (Å²) in [5, 5.41) is 8.40. The number of halogens is 4. The molecule has 1 atom stereocenters. The third-order valence-electron chi connectivity index (χ3n) is 2.32. The second-order valence-electron chi connectivity index (χ2n) is 3.66. The summed E-state index contributed by atoms with van der Waals surface area (Å²) in [6.45, 7) is 2.29. The number of rotatable bonds is 2. The van der Waals surface area contributed by atoms with Crippen LogP contribution in [0.25, 0.3) is 0 Å². The fourth-order valence-electron chi connectivity index (χ4n) is 1.51. The molecule has 98 valence electrons. The molecular formula is C10H8Cl4N2OS. The van der Waals surface area contributed by atoms with Crippen molar-refractivity contribution in [1.82, 2.24) is 4.57 Å². The SMILES string of the molecule is Cc1cn(CC2OC(Cl)=C(Cl)C(Cl)=C2Cl)c(=N)s1. The zero-order chi connectivity index (χ0) is 13.4. The molecule has 0 saturated heterocycles. The van der Waals surface area contributed by atoms with Crippen LogP contribution in [-0.4, -0.2) is 10.7 Å². The van der Waals surface area contributed by atoms with E-state index in [4.69, 9.17) is 56.5 Å². The molecule has 0 spiro atoms. The Bertz CT molecular complexity index is 601. The molecule has 0 bridgehead atoms. The molecule has 2 rings (SSSR count). The van der Waals surface area contributed by atoms with Gasteiger partial charge < -0.3 is 9.30 Å². The summed E-state index contributed by atoms with van der Waals surface area (Å²) in [6.07, 6.45) is 1.32. The summed E-state index contributed by atoms with van der Waals surface area (Å²) < 4.78 is 7.11. The minimum absolute atomic E-state index is 0.0233. The highest BCUT2D eigenvalue weighted by molar-refractivity contribution is 7.09. The molecule has 1 aliphatic rings. The van der Waals surface area contributed by atoms with Gasteiger partial charge in [-0.1, -0.05) is 34.8 Å². The Morgan fingerprint density at radius 2 is 2.00 bits per heavy atom. The van der Waals surface area contributed by atoms with Crippen molar-refractivity contribution >= 4 is 57.7 Å². The average molecular weight is 346 g/mol. The van der Waals surface area contributed by atoms with Gasteiger partial charge in [0.05, 0.1) is 16.6 Å². The van der Waals surface area contributed by atoms with Gasteiger partial charge in [-0.3, -0.25) is 5.41 Å². The Morgan fingerprint density at radius 1 is 1.33 bits per heavy atom. The van der Waals surface area contributed by atoms with Crippen LogP contribution in [-0.2, 0) is 11.3 Å². The van der Waals surface area contributed by atoms with E-state index < -0.39 is 6.10 Å². The van der Waals surface area contributed by atoms with Crippen LogP contribution < -0.4 is 4.80 Å². The molecule has 1 unspecified atom stereocenters. The van der Waals surface area contributed by atoms with E-state index in [0.717, 1.165) is 4.88 Å². The number of ether oxygens (including phenoxy) is 1. The molecule has 3 nitrogen and oxygen atoms in total. The molecule has 8 heteroatoms. The molecule has 0 aliphatic carbocycles. The van der Waals surface area contributed by atoms with E-state index in [1.807, 2.05) is 13.1 Å². The van der Waals surface area contributed by atoms with Gasteiger partial charge in [0.15, 0.2) is 10.9 Å². The molecule has 0 fully saturated rings. The van der Waals surface area contributed by atoms with Crippen LogP contribution in [0.5, 0.6) is 0 Å². The standard InChI is InChI=1S/C10H8Cl4N2OS/c1-4-2-16(10(15)18-4)3-5-6(11)7(12)8(13)9(14)17-5/h2,5,15H,3H2,1H3. The van der Waals surface area contributed by atoms with E-state index in [1.165, 1.54) is 11.3 Å². The van der Waals surface area contributed by atoms with E-state index in [-0.39, 0.29) is 15.3 Å². The van der Waals surface area contributed by atoms with Gasteiger partial charge in [0.2, 0.25) is 5.22 Å². The highest BCUT2D eigenvalue weighted by atomic mass is 35.5. The van der Waals surface area contributed by atoms with Crippen molar-refractivity contribution in [3.63, 3.8) is 0 Å². The Morgan fingerprint density at radius 3 is 2.56 bits per heavy atom. The second kappa shape index (κ2) is 5.47. The Hall–Kier alpha value is -0.130. The first-order chi connectivity index (χ1) is 8.40. The summed E-state index contributed by atoms with van der Waals surface area (Å²) >= 11 is 25.1. The highest BCUT2D eigenvalue weighted by Gasteiger charge is 2.28. The maximum absolute atomic E-state index is 7.78. The van der Waals surface area contributed by atoms with E-state index in [1.54, 1.807) is 4.57 Å². The molecule has 0 amide bonds. The lowest BCUT2D eigenvalue weighted by atomic mass is 10.2. The van der Waals surface area contributed by atoms with Crippen LogP contribution in [0.3, 0.4) is 0 Å². The number of nitrogens with one attached hydrogen (secondary N) is 1. The molecule has 18 heavy (non-hydrogen) atoms. The molecule has 0 radical (unpaired) electrons. The van der Waals surface area contributed by atoms with Gasteiger partial charge in [0.1, 0.15) is 5.03 Å². The lowest BCUT2D eigenvalue weighted by Gasteiger charge is -2.24. The van der Waals surface area contributed by atoms with Crippen molar-refractivity contribution in [1.29, 1.82) is 5.41 Å². The Labute approximate surface area is 128 Å². The summed E-state index contributed by atoms with van der Waals surface area (Å²) in [6, 6.07) is 0. The third-order valence-corrected chi connectivity index (χ3v) is 4.93. The fraction of sp³-hybridized carbons (Fsp3) is 0.300. The van der Waals surface area contributed by atoms with Gasteiger partial charge in [0, 0.05) is 11.1 Å². The van der Waals surface area contributed by atoms with Crippen LogP contribution in [0.2, 0.25) is 0 Å². The van der Waals surface area contributed by atoms with Crippen LogP contribution in [0, 0.1) is 12.3 Å². The summed E-state index contributed by atoms with van der Waals surface area (Å²) in [5.74, 6) is 0. The first-order valence-electron chi connectivity index (χ1n) is 4.89. The van der Waals surface area contributed by atoms with Crippen LogP contribution in [0.4, 0.5) is 0 Å². The lowest BCUT2D eigenvalue weighted by molar-refractivity contribution is 0.147. The fourth-order valence-corrected chi connectivity index (χ4v) is 3.10. The van der Waals surface area contributed by atoms with Crippen molar-refractivity contribution < 1.29 is 4.74 Å². The van der Waals surface area contributed by atoms with E-state index >= 15 is 0 Å². The number of hydrogen-bond acceptors (Lipinski definition) is 3. The summed E-state index contributed by atoms with van der Waals surface area (Å²) in [5.41, 5.74) is 0. The quantitative estimate of drug-likeness (QED) is 0.861. The van der Waals surface area contributed by atoms with E-state index in [2.05, 4.69) is 0 Å². The van der Waals surface area contributed by atoms with Crippen molar-refractivity contribution in [2.24, 2.45) is 0 Å². The van der Waals surface area contributed by atoms with Crippen molar-refractivity contribution in [3.8, 4) is 0 Å². The Balaban J connectivity index is 2.28. The predicted molar refractivity (Wildman–Crippen MR) is 75.2 cm³/mol. The molecular weight excluding hydrogens is 338 g/mol. The molecule has 1 aromatic heterocycles. The van der Waals surface area contributed by atoms with Crippen molar-refractivity contribution in [2.75, 3.05) is 0 Å². The zero-order valence-corrected chi connectivity index (χ0v) is 13.0. The van der Waals surface area contributed by atoms with Gasteiger partial charge in [0.25, 0.3) is 0 Å². The predicted octanol–water partition coefficient (Wildman–Crippen LogP) is 4.07. The van der Waals surface area contributed by atoms with Crippen molar-refractivity contribution in [3.05, 3.63) is 36.2 Å². The van der Waals surface area contributed by atoms with Gasteiger partial charge in [-0.25, -0.2) is 0 Å². The van der Waals surface area contributed by atoms with Gasteiger partial charge in [-0.2, -0.15) is 0 Å². The van der Waals surface area contributed by atoms with Gasteiger partial charge in [-0.15, -0.1) is 11.3 Å². The minimum Gasteiger partial charge on any atom is -0.471 e. The van der Waals surface area contributed by atoms with Crippen LogP contribution >= 0.6 is 57.7 Å². The number of nitrogens with zero attached hydrogens (tertiary/aromatic N) is 1. The van der Waals surface area contributed by atoms with Gasteiger partial charge in [-0.05, 0) is 18.5 Å². The first kappa shape index (κ1) is 14.3. The molecule has 1 aliphatic heterocycles. The highest BCUT2D eigenvalue weighted by Crippen LogP contribution is 2.38. The zero-order valence-electron chi connectivity index (χ0n) is 9.14. The number of aryl methyl sites for hydroxylation is 1. The van der Waals surface area contributed by atoms with E-state index in [0.29, 0.717) is 16.4 Å². The first-order valence-corrected chi connectivity index (χ1v) is 7.22. The lowest BCUT2D eigenvalue weighted by Crippen LogP contribution is -2.27. The Kier molecular flexibility index (Phi) is 4.34. The summed E-state index contributed by atoms with van der Waals surface area (Å²) in [4.78, 5) is 1.44. The monoisotopic (exact) mass is 344 g/mol. The summed E-state index contributed by atoms with van der Waals surface area (Å²) in [7, 11) is 0. The molecule has 1 N–H and O–H groups in total. The van der Waals surface area contributed by atoms with Gasteiger partial charge >= 0.3 is 0 Å². The molecule has 1 aromatic rings. The topological polar surface area (TPSA) is 38.0 Å². The smallest absolute Gasteiger partial charge is 0.208 e. The number of allylic oxidation sites excluding steroid dienone is 2. The molecule has 2 heterocycles. The maximum atomic E-state index is 7.78. The largest absolute Gasteiger partial charge is 0.471 e. The molecule has 0 saturated carbocycles.